The molecule has 18 heavy (non-hydrogen) atoms. The lowest BCUT2D eigenvalue weighted by Gasteiger charge is -2.05. The molecule has 0 amide bonds. The van der Waals surface area contributed by atoms with Crippen LogP contribution in [0.15, 0.2) is 47.4 Å². The van der Waals surface area contributed by atoms with Gasteiger partial charge in [-0.15, -0.1) is 11.8 Å². The normalized spacial score (nSPS) is 10.1. The Morgan fingerprint density at radius 2 is 1.72 bits per heavy atom. The van der Waals surface area contributed by atoms with Gasteiger partial charge in [-0.2, -0.15) is 5.26 Å². The van der Waals surface area contributed by atoms with Crippen LogP contribution in [0.25, 0.3) is 0 Å². The highest BCUT2D eigenvalue weighted by molar-refractivity contribution is 7.98. The fourth-order valence-corrected chi connectivity index (χ4v) is 2.43. The fourth-order valence-electron chi connectivity index (χ4n) is 1.47. The van der Waals surface area contributed by atoms with E-state index in [-0.39, 0.29) is 5.56 Å². The summed E-state index contributed by atoms with van der Waals surface area (Å²) < 4.78 is 26.1. The third kappa shape index (κ3) is 2.88. The average molecular weight is 261 g/mol. The lowest BCUT2D eigenvalue weighted by atomic mass is 10.2. The molecule has 0 spiro atoms. The summed E-state index contributed by atoms with van der Waals surface area (Å²) in [6.07, 6.45) is 0. The Hall–Kier alpha value is -1.86. The summed E-state index contributed by atoms with van der Waals surface area (Å²) in [4.78, 5) is 0.459. The summed E-state index contributed by atoms with van der Waals surface area (Å²) in [7, 11) is 0. The molecule has 0 saturated carbocycles. The number of halogens is 2. The Labute approximate surface area is 108 Å². The first kappa shape index (κ1) is 12.6. The van der Waals surface area contributed by atoms with Crippen LogP contribution in [0.2, 0.25) is 0 Å². The van der Waals surface area contributed by atoms with Crippen molar-refractivity contribution >= 4 is 11.8 Å². The largest absolute Gasteiger partial charge is 0.204 e. The molecule has 0 saturated heterocycles. The standard InChI is InChI=1S/C14H9F2NS/c15-12-6-11(8-17)14(7-13(12)16)18-9-10-4-2-1-3-5-10/h1-7H,9H2. The van der Waals surface area contributed by atoms with E-state index in [1.165, 1.54) is 11.8 Å². The van der Waals surface area contributed by atoms with E-state index in [0.29, 0.717) is 10.6 Å². The van der Waals surface area contributed by atoms with Gasteiger partial charge in [-0.25, -0.2) is 8.78 Å². The van der Waals surface area contributed by atoms with E-state index in [0.717, 1.165) is 17.7 Å². The first-order valence-electron chi connectivity index (χ1n) is 5.26. The summed E-state index contributed by atoms with van der Waals surface area (Å²) in [5.41, 5.74) is 1.23. The molecule has 1 nitrogen and oxygen atoms in total. The second-order valence-electron chi connectivity index (χ2n) is 3.65. The van der Waals surface area contributed by atoms with Crippen LogP contribution in [0.4, 0.5) is 8.78 Å². The molecule has 0 radical (unpaired) electrons. The molecule has 0 bridgehead atoms. The Morgan fingerprint density at radius 1 is 1.06 bits per heavy atom. The van der Waals surface area contributed by atoms with Crippen molar-refractivity contribution in [1.29, 1.82) is 5.26 Å². The molecule has 90 valence electrons. The number of rotatable bonds is 3. The SMILES string of the molecule is N#Cc1cc(F)c(F)cc1SCc1ccccc1. The van der Waals surface area contributed by atoms with Gasteiger partial charge in [0.1, 0.15) is 6.07 Å². The molecule has 0 heterocycles. The third-order valence-electron chi connectivity index (χ3n) is 2.38. The van der Waals surface area contributed by atoms with Gasteiger partial charge in [0.05, 0.1) is 5.56 Å². The maximum absolute atomic E-state index is 13.1. The van der Waals surface area contributed by atoms with Crippen LogP contribution in [0.5, 0.6) is 0 Å². The van der Waals surface area contributed by atoms with Gasteiger partial charge in [0.15, 0.2) is 11.6 Å². The van der Waals surface area contributed by atoms with Crippen molar-refractivity contribution in [3.05, 3.63) is 65.2 Å². The zero-order valence-corrected chi connectivity index (χ0v) is 10.2. The van der Waals surface area contributed by atoms with E-state index in [1.54, 1.807) is 0 Å². The average Bonchev–Trinajstić information content (AvgIpc) is 2.41. The minimum Gasteiger partial charge on any atom is -0.204 e. The zero-order valence-electron chi connectivity index (χ0n) is 9.36. The highest BCUT2D eigenvalue weighted by Gasteiger charge is 2.10. The van der Waals surface area contributed by atoms with E-state index in [1.807, 2.05) is 36.4 Å². The van der Waals surface area contributed by atoms with Crippen molar-refractivity contribution in [1.82, 2.24) is 0 Å². The summed E-state index contributed by atoms with van der Waals surface area (Å²) in [5.74, 6) is -1.30. The second-order valence-corrected chi connectivity index (χ2v) is 4.67. The molecule has 0 aliphatic rings. The third-order valence-corrected chi connectivity index (χ3v) is 3.51. The molecule has 0 aromatic heterocycles. The maximum atomic E-state index is 13.1. The molecule has 2 aromatic rings. The van der Waals surface area contributed by atoms with Crippen molar-refractivity contribution in [3.63, 3.8) is 0 Å². The Balaban J connectivity index is 2.19. The van der Waals surface area contributed by atoms with Crippen molar-refractivity contribution in [2.75, 3.05) is 0 Å². The van der Waals surface area contributed by atoms with Crippen molar-refractivity contribution in [2.24, 2.45) is 0 Å². The number of hydrogen-bond acceptors (Lipinski definition) is 2. The van der Waals surface area contributed by atoms with Crippen LogP contribution in [-0.2, 0) is 5.75 Å². The molecule has 0 fully saturated rings. The van der Waals surface area contributed by atoms with Gasteiger partial charge >= 0.3 is 0 Å². The van der Waals surface area contributed by atoms with Crippen molar-refractivity contribution in [3.8, 4) is 6.07 Å². The topological polar surface area (TPSA) is 23.8 Å². The quantitative estimate of drug-likeness (QED) is 0.776. The van der Waals surface area contributed by atoms with Gasteiger partial charge < -0.3 is 0 Å². The van der Waals surface area contributed by atoms with Crippen LogP contribution < -0.4 is 0 Å². The minimum absolute atomic E-state index is 0.162. The Bertz CT molecular complexity index is 591. The second kappa shape index (κ2) is 5.65. The number of nitriles is 1. The van der Waals surface area contributed by atoms with Crippen LogP contribution in [0, 0.1) is 23.0 Å². The van der Waals surface area contributed by atoms with E-state index in [9.17, 15) is 8.78 Å². The summed E-state index contributed by atoms with van der Waals surface area (Å²) in [6, 6.07) is 13.5. The summed E-state index contributed by atoms with van der Waals surface area (Å²) in [6.45, 7) is 0. The first-order chi connectivity index (χ1) is 8.70. The van der Waals surface area contributed by atoms with Gasteiger partial charge in [0, 0.05) is 10.6 Å². The molecular weight excluding hydrogens is 252 g/mol. The molecule has 4 heteroatoms. The van der Waals surface area contributed by atoms with E-state index < -0.39 is 11.6 Å². The van der Waals surface area contributed by atoms with Gasteiger partial charge in [0.25, 0.3) is 0 Å². The summed E-state index contributed by atoms with van der Waals surface area (Å²) in [5, 5.41) is 8.88. The Kier molecular flexibility index (Phi) is 3.96. The number of hydrogen-bond donors (Lipinski definition) is 0. The maximum Gasteiger partial charge on any atom is 0.160 e. The van der Waals surface area contributed by atoms with Crippen LogP contribution >= 0.6 is 11.8 Å². The number of nitrogens with zero attached hydrogens (tertiary/aromatic N) is 1. The molecular formula is C14H9F2NS. The van der Waals surface area contributed by atoms with Gasteiger partial charge in [-0.3, -0.25) is 0 Å². The van der Waals surface area contributed by atoms with Crippen LogP contribution in [0.1, 0.15) is 11.1 Å². The van der Waals surface area contributed by atoms with E-state index in [4.69, 9.17) is 5.26 Å². The molecule has 0 aliphatic carbocycles. The van der Waals surface area contributed by atoms with Gasteiger partial charge in [-0.1, -0.05) is 30.3 Å². The number of thioether (sulfide) groups is 1. The minimum atomic E-state index is -0.990. The monoisotopic (exact) mass is 261 g/mol. The fraction of sp³-hybridized carbons (Fsp3) is 0.0714. The lowest BCUT2D eigenvalue weighted by Crippen LogP contribution is -1.90. The zero-order chi connectivity index (χ0) is 13.0. The molecule has 0 unspecified atom stereocenters. The smallest absolute Gasteiger partial charge is 0.160 e. The summed E-state index contributed by atoms with van der Waals surface area (Å²) >= 11 is 1.32. The van der Waals surface area contributed by atoms with Crippen LogP contribution in [0.3, 0.4) is 0 Å². The van der Waals surface area contributed by atoms with Crippen molar-refractivity contribution in [2.45, 2.75) is 10.6 Å². The predicted octanol–water partition coefficient (Wildman–Crippen LogP) is 4.13. The number of benzene rings is 2. The molecule has 2 aromatic carbocycles. The van der Waals surface area contributed by atoms with Gasteiger partial charge in [0.2, 0.25) is 0 Å². The highest BCUT2D eigenvalue weighted by Crippen LogP contribution is 2.27. The van der Waals surface area contributed by atoms with Gasteiger partial charge in [-0.05, 0) is 17.7 Å². The molecule has 0 atom stereocenters. The highest BCUT2D eigenvalue weighted by atomic mass is 32.2. The first-order valence-corrected chi connectivity index (χ1v) is 6.25. The Morgan fingerprint density at radius 3 is 2.39 bits per heavy atom. The van der Waals surface area contributed by atoms with Crippen LogP contribution in [-0.4, -0.2) is 0 Å². The molecule has 0 N–H and O–H groups in total. The van der Waals surface area contributed by atoms with E-state index >= 15 is 0 Å². The van der Waals surface area contributed by atoms with E-state index in [2.05, 4.69) is 0 Å². The molecule has 2 rings (SSSR count). The lowest BCUT2D eigenvalue weighted by molar-refractivity contribution is 0.505. The molecule has 0 aliphatic heterocycles. The predicted molar refractivity (Wildman–Crippen MR) is 67.1 cm³/mol. The van der Waals surface area contributed by atoms with Crippen molar-refractivity contribution < 1.29 is 8.78 Å².